The van der Waals surface area contributed by atoms with Gasteiger partial charge in [-0.15, -0.1) is 0 Å². The molecule has 2 aromatic rings. The molecule has 2 N–H and O–H groups in total. The normalized spacial score (nSPS) is 11.3. The van der Waals surface area contributed by atoms with Crippen LogP contribution in [0.25, 0.3) is 0 Å². The number of hydrazone groups is 1. The molecule has 0 saturated heterocycles. The minimum Gasteiger partial charge on any atom is -0.497 e. The van der Waals surface area contributed by atoms with E-state index in [1.165, 1.54) is 25.5 Å². The summed E-state index contributed by atoms with van der Waals surface area (Å²) in [6.07, 6.45) is -3.29. The predicted octanol–water partition coefficient (Wildman–Crippen LogP) is 2.59. The van der Waals surface area contributed by atoms with Crippen LogP contribution >= 0.6 is 0 Å². The summed E-state index contributed by atoms with van der Waals surface area (Å²) in [5, 5.41) is 5.84. The Hall–Kier alpha value is -3.36. The van der Waals surface area contributed by atoms with E-state index in [1.54, 1.807) is 24.3 Å². The molecule has 142 valence electrons. The third-order valence-corrected chi connectivity index (χ3v) is 3.41. The molecule has 0 radical (unpaired) electrons. The first-order chi connectivity index (χ1) is 12.8. The molecule has 0 heterocycles. The van der Waals surface area contributed by atoms with Gasteiger partial charge in [0.05, 0.1) is 31.0 Å². The number of hydrogen-bond acceptors (Lipinski definition) is 4. The van der Waals surface area contributed by atoms with Gasteiger partial charge in [-0.2, -0.15) is 18.3 Å². The lowest BCUT2D eigenvalue weighted by Crippen LogP contribution is -2.35. The number of ether oxygens (including phenoxy) is 1. The van der Waals surface area contributed by atoms with Crippen LogP contribution in [-0.4, -0.2) is 31.7 Å². The Labute approximate surface area is 153 Å². The Bertz CT molecular complexity index is 834. The first-order valence-corrected chi connectivity index (χ1v) is 7.71. The van der Waals surface area contributed by atoms with E-state index in [0.717, 1.165) is 12.1 Å². The van der Waals surface area contributed by atoms with Crippen molar-refractivity contribution in [1.29, 1.82) is 0 Å². The molecule has 0 aromatic heterocycles. The van der Waals surface area contributed by atoms with Crippen molar-refractivity contribution >= 4 is 18.0 Å². The molecule has 0 aliphatic carbocycles. The zero-order chi connectivity index (χ0) is 19.9. The van der Waals surface area contributed by atoms with E-state index in [0.29, 0.717) is 11.3 Å². The molecule has 0 saturated carbocycles. The molecule has 2 aromatic carbocycles. The molecule has 6 nitrogen and oxygen atoms in total. The van der Waals surface area contributed by atoms with Crippen LogP contribution in [0, 0.1) is 0 Å². The van der Waals surface area contributed by atoms with Gasteiger partial charge in [0, 0.05) is 0 Å². The third-order valence-electron chi connectivity index (χ3n) is 3.41. The molecule has 0 atom stereocenters. The lowest BCUT2D eigenvalue weighted by molar-refractivity contribution is -0.137. The summed E-state index contributed by atoms with van der Waals surface area (Å²) < 4.78 is 43.7. The van der Waals surface area contributed by atoms with Gasteiger partial charge in [0.15, 0.2) is 0 Å². The van der Waals surface area contributed by atoms with Crippen LogP contribution in [0.2, 0.25) is 0 Å². The quantitative estimate of drug-likeness (QED) is 0.598. The molecule has 0 fully saturated rings. The minimum atomic E-state index is -4.67. The van der Waals surface area contributed by atoms with E-state index >= 15 is 0 Å². The average molecular weight is 379 g/mol. The van der Waals surface area contributed by atoms with Gasteiger partial charge in [-0.1, -0.05) is 12.1 Å². The van der Waals surface area contributed by atoms with E-state index in [-0.39, 0.29) is 0 Å². The van der Waals surface area contributed by atoms with Crippen LogP contribution in [0.3, 0.4) is 0 Å². The molecule has 0 spiro atoms. The van der Waals surface area contributed by atoms with Crippen molar-refractivity contribution in [2.75, 3.05) is 13.7 Å². The summed E-state index contributed by atoms with van der Waals surface area (Å²) in [5.74, 6) is -1.02. The molecule has 0 unspecified atom stereocenters. The van der Waals surface area contributed by atoms with E-state index in [4.69, 9.17) is 4.74 Å². The predicted molar refractivity (Wildman–Crippen MR) is 92.5 cm³/mol. The van der Waals surface area contributed by atoms with Crippen molar-refractivity contribution < 1.29 is 27.5 Å². The maximum absolute atomic E-state index is 12.9. The number of amides is 2. The van der Waals surface area contributed by atoms with Gasteiger partial charge >= 0.3 is 6.18 Å². The topological polar surface area (TPSA) is 79.8 Å². The molecule has 0 aliphatic heterocycles. The lowest BCUT2D eigenvalue weighted by atomic mass is 10.1. The zero-order valence-corrected chi connectivity index (χ0v) is 14.2. The smallest absolute Gasteiger partial charge is 0.417 e. The van der Waals surface area contributed by atoms with E-state index < -0.39 is 35.7 Å². The van der Waals surface area contributed by atoms with Gasteiger partial charge in [-0.25, -0.2) is 5.43 Å². The summed E-state index contributed by atoms with van der Waals surface area (Å²) in [5.41, 5.74) is 1.24. The summed E-state index contributed by atoms with van der Waals surface area (Å²) in [6.45, 7) is -0.523. The molecular formula is C18H16F3N3O3. The number of halogens is 3. The third kappa shape index (κ3) is 5.84. The summed E-state index contributed by atoms with van der Waals surface area (Å²) in [4.78, 5) is 23.6. The van der Waals surface area contributed by atoms with Gasteiger partial charge in [-0.3, -0.25) is 9.59 Å². The summed E-state index contributed by atoms with van der Waals surface area (Å²) >= 11 is 0. The maximum atomic E-state index is 12.9. The molecule has 2 amide bonds. The first kappa shape index (κ1) is 20.0. The number of rotatable bonds is 6. The highest BCUT2D eigenvalue weighted by atomic mass is 19.4. The van der Waals surface area contributed by atoms with Crippen LogP contribution < -0.4 is 15.5 Å². The molecular weight excluding hydrogens is 363 g/mol. The standard InChI is InChI=1S/C18H16F3N3O3/c1-27-13-8-6-12(7-9-13)10-23-24-16(25)11-22-17(26)14-4-2-3-5-15(14)18(19,20)21/h2-10H,11H2,1H3,(H,22,26)(H,24,25)/b23-10-. The van der Waals surface area contributed by atoms with Crippen LogP contribution in [-0.2, 0) is 11.0 Å². The fraction of sp³-hybridized carbons (Fsp3) is 0.167. The SMILES string of the molecule is COc1ccc(/C=N\NC(=O)CNC(=O)c2ccccc2C(F)(F)F)cc1. The van der Waals surface area contributed by atoms with Crippen molar-refractivity contribution in [2.45, 2.75) is 6.18 Å². The Morgan fingerprint density at radius 2 is 1.78 bits per heavy atom. The maximum Gasteiger partial charge on any atom is 0.417 e. The van der Waals surface area contributed by atoms with Crippen LogP contribution in [0.1, 0.15) is 21.5 Å². The van der Waals surface area contributed by atoms with Crippen molar-refractivity contribution in [3.63, 3.8) is 0 Å². The number of carbonyl (C=O) groups is 2. The van der Waals surface area contributed by atoms with Crippen molar-refractivity contribution in [3.8, 4) is 5.75 Å². The minimum absolute atomic E-state index is 0.523. The second-order valence-corrected chi connectivity index (χ2v) is 5.29. The number of alkyl halides is 3. The number of nitrogens with zero attached hydrogens (tertiary/aromatic N) is 1. The van der Waals surface area contributed by atoms with E-state index in [2.05, 4.69) is 15.8 Å². The largest absolute Gasteiger partial charge is 0.497 e. The zero-order valence-electron chi connectivity index (χ0n) is 14.2. The molecule has 0 bridgehead atoms. The number of hydrogen-bond donors (Lipinski definition) is 2. The summed E-state index contributed by atoms with van der Waals surface area (Å²) in [7, 11) is 1.53. The van der Waals surface area contributed by atoms with Crippen molar-refractivity contribution in [2.24, 2.45) is 5.10 Å². The fourth-order valence-electron chi connectivity index (χ4n) is 2.09. The monoisotopic (exact) mass is 379 g/mol. The van der Waals surface area contributed by atoms with Gasteiger partial charge in [0.25, 0.3) is 11.8 Å². The fourth-order valence-corrected chi connectivity index (χ4v) is 2.09. The van der Waals surface area contributed by atoms with Gasteiger partial charge < -0.3 is 10.1 Å². The van der Waals surface area contributed by atoms with E-state index in [1.807, 2.05) is 0 Å². The average Bonchev–Trinajstić information content (AvgIpc) is 2.66. The highest BCUT2D eigenvalue weighted by Crippen LogP contribution is 2.31. The Balaban J connectivity index is 1.88. The Morgan fingerprint density at radius 1 is 1.11 bits per heavy atom. The Morgan fingerprint density at radius 3 is 2.41 bits per heavy atom. The second kappa shape index (κ2) is 8.84. The number of nitrogens with one attached hydrogen (secondary N) is 2. The van der Waals surface area contributed by atoms with E-state index in [9.17, 15) is 22.8 Å². The lowest BCUT2D eigenvalue weighted by Gasteiger charge is -2.12. The molecule has 9 heteroatoms. The number of carbonyl (C=O) groups excluding carboxylic acids is 2. The second-order valence-electron chi connectivity index (χ2n) is 5.29. The number of benzene rings is 2. The summed E-state index contributed by atoms with van der Waals surface area (Å²) in [6, 6.07) is 11.2. The Kier molecular flexibility index (Phi) is 6.53. The van der Waals surface area contributed by atoms with Gasteiger partial charge in [-0.05, 0) is 42.0 Å². The number of methoxy groups -OCH3 is 1. The molecule has 27 heavy (non-hydrogen) atoms. The highest BCUT2D eigenvalue weighted by Gasteiger charge is 2.34. The van der Waals surface area contributed by atoms with Crippen LogP contribution in [0.5, 0.6) is 5.75 Å². The molecule has 2 rings (SSSR count). The van der Waals surface area contributed by atoms with Crippen molar-refractivity contribution in [1.82, 2.24) is 10.7 Å². The highest BCUT2D eigenvalue weighted by molar-refractivity contribution is 5.98. The van der Waals surface area contributed by atoms with Crippen molar-refractivity contribution in [3.05, 3.63) is 65.2 Å². The van der Waals surface area contributed by atoms with Gasteiger partial charge in [0.1, 0.15) is 5.75 Å². The first-order valence-electron chi connectivity index (χ1n) is 7.71. The van der Waals surface area contributed by atoms with Crippen LogP contribution in [0.4, 0.5) is 13.2 Å². The molecule has 0 aliphatic rings. The van der Waals surface area contributed by atoms with Crippen LogP contribution in [0.15, 0.2) is 53.6 Å². The van der Waals surface area contributed by atoms with Gasteiger partial charge in [0.2, 0.25) is 0 Å².